The highest BCUT2D eigenvalue weighted by atomic mass is 16.5. The first kappa shape index (κ1) is 21.6. The fourth-order valence-electron chi connectivity index (χ4n) is 3.94. The largest absolute Gasteiger partial charge is 0.497 e. The molecule has 0 aliphatic carbocycles. The fraction of sp³-hybridized carbons (Fsp3) is 0.259. The number of carbonyl (C=O) groups excluding carboxylic acids is 1. The quantitative estimate of drug-likeness (QED) is 0.447. The maximum atomic E-state index is 12.4. The second-order valence-corrected chi connectivity index (χ2v) is 8.16. The van der Waals surface area contributed by atoms with Gasteiger partial charge in [0.1, 0.15) is 11.6 Å². The molecule has 0 unspecified atom stereocenters. The van der Waals surface area contributed by atoms with Crippen molar-refractivity contribution in [1.82, 2.24) is 14.9 Å². The highest BCUT2D eigenvalue weighted by Gasteiger charge is 2.13. The molecule has 0 saturated heterocycles. The lowest BCUT2D eigenvalue weighted by Gasteiger charge is -2.13. The Kier molecular flexibility index (Phi) is 6.55. The number of rotatable bonds is 8. The number of aryl methyl sites for hydroxylation is 2. The van der Waals surface area contributed by atoms with Crippen LogP contribution in [0.15, 0.2) is 66.7 Å². The van der Waals surface area contributed by atoms with E-state index in [1.807, 2.05) is 42.5 Å². The molecule has 32 heavy (non-hydrogen) atoms. The van der Waals surface area contributed by atoms with Gasteiger partial charge in [0, 0.05) is 19.5 Å². The molecule has 0 aliphatic heterocycles. The van der Waals surface area contributed by atoms with Crippen LogP contribution < -0.4 is 10.1 Å². The number of hydrogen-bond donors (Lipinski definition) is 1. The van der Waals surface area contributed by atoms with Crippen LogP contribution in [0.3, 0.4) is 0 Å². The summed E-state index contributed by atoms with van der Waals surface area (Å²) in [5.41, 5.74) is 6.88. The minimum atomic E-state index is 0.00681. The minimum absolute atomic E-state index is 0.00681. The van der Waals surface area contributed by atoms with E-state index in [0.717, 1.165) is 34.7 Å². The molecular formula is C27H29N3O2. The molecule has 0 fully saturated rings. The Morgan fingerprint density at radius 1 is 1.03 bits per heavy atom. The fourth-order valence-corrected chi connectivity index (χ4v) is 3.94. The predicted molar refractivity (Wildman–Crippen MR) is 128 cm³/mol. The third-order valence-corrected chi connectivity index (χ3v) is 5.76. The van der Waals surface area contributed by atoms with E-state index in [9.17, 15) is 4.79 Å². The standard InChI is InChI=1S/C27H29N3O2/c1-19-8-9-20(2)22(16-19)18-30-25-7-5-4-6-24(25)29-26(30)14-15-28-27(31)17-21-10-12-23(32-3)13-11-21/h4-13,16H,14-15,17-18H2,1-3H3,(H,28,31). The van der Waals surface area contributed by atoms with Gasteiger partial charge in [-0.3, -0.25) is 4.79 Å². The van der Waals surface area contributed by atoms with Crippen LogP contribution in [0, 0.1) is 13.8 Å². The van der Waals surface area contributed by atoms with Gasteiger partial charge >= 0.3 is 0 Å². The first-order valence-electron chi connectivity index (χ1n) is 10.9. The van der Waals surface area contributed by atoms with Gasteiger partial charge in [0.2, 0.25) is 5.91 Å². The summed E-state index contributed by atoms with van der Waals surface area (Å²) in [7, 11) is 1.63. The molecule has 5 heteroatoms. The number of para-hydroxylation sites is 2. The van der Waals surface area contributed by atoms with Crippen molar-refractivity contribution in [2.24, 2.45) is 0 Å². The molecular weight excluding hydrogens is 398 g/mol. The Balaban J connectivity index is 1.46. The smallest absolute Gasteiger partial charge is 0.224 e. The van der Waals surface area contributed by atoms with E-state index >= 15 is 0 Å². The number of ether oxygens (including phenoxy) is 1. The Hall–Kier alpha value is -3.60. The number of fused-ring (bicyclic) bond motifs is 1. The van der Waals surface area contributed by atoms with E-state index < -0.39 is 0 Å². The Labute approximate surface area is 189 Å². The molecule has 1 amide bonds. The number of nitrogens with one attached hydrogen (secondary N) is 1. The van der Waals surface area contributed by atoms with Gasteiger partial charge in [-0.1, -0.05) is 48.0 Å². The number of aromatic nitrogens is 2. The van der Waals surface area contributed by atoms with Crippen LogP contribution in [0.2, 0.25) is 0 Å². The van der Waals surface area contributed by atoms with Crippen LogP contribution >= 0.6 is 0 Å². The van der Waals surface area contributed by atoms with E-state index in [2.05, 4.69) is 48.0 Å². The predicted octanol–water partition coefficient (Wildman–Crippen LogP) is 4.61. The molecule has 4 aromatic rings. The Morgan fingerprint density at radius 3 is 2.59 bits per heavy atom. The van der Waals surface area contributed by atoms with Gasteiger partial charge in [0.15, 0.2) is 0 Å². The number of benzene rings is 3. The van der Waals surface area contributed by atoms with Crippen molar-refractivity contribution in [3.8, 4) is 5.75 Å². The minimum Gasteiger partial charge on any atom is -0.497 e. The molecule has 1 N–H and O–H groups in total. The molecule has 0 saturated carbocycles. The molecule has 5 nitrogen and oxygen atoms in total. The number of methoxy groups -OCH3 is 1. The van der Waals surface area contributed by atoms with Crippen LogP contribution in [-0.2, 0) is 24.2 Å². The molecule has 4 rings (SSSR count). The topological polar surface area (TPSA) is 56.1 Å². The van der Waals surface area contributed by atoms with Gasteiger partial charge in [-0.2, -0.15) is 0 Å². The van der Waals surface area contributed by atoms with Crippen LogP contribution in [0.5, 0.6) is 5.75 Å². The lowest BCUT2D eigenvalue weighted by molar-refractivity contribution is -0.120. The van der Waals surface area contributed by atoms with E-state index in [4.69, 9.17) is 9.72 Å². The SMILES string of the molecule is COc1ccc(CC(=O)NCCc2nc3ccccc3n2Cc2cc(C)ccc2C)cc1. The zero-order valence-electron chi connectivity index (χ0n) is 18.9. The maximum absolute atomic E-state index is 12.4. The van der Waals surface area contributed by atoms with Crippen LogP contribution in [0.4, 0.5) is 0 Å². The molecule has 0 atom stereocenters. The summed E-state index contributed by atoms with van der Waals surface area (Å²) in [6.45, 7) is 5.58. The second kappa shape index (κ2) is 9.69. The average molecular weight is 428 g/mol. The number of imidazole rings is 1. The summed E-state index contributed by atoms with van der Waals surface area (Å²) < 4.78 is 7.44. The van der Waals surface area contributed by atoms with Gasteiger partial charge in [-0.05, 0) is 54.8 Å². The third kappa shape index (κ3) is 4.99. The third-order valence-electron chi connectivity index (χ3n) is 5.76. The normalized spacial score (nSPS) is 11.0. The molecule has 0 aliphatic rings. The maximum Gasteiger partial charge on any atom is 0.224 e. The lowest BCUT2D eigenvalue weighted by atomic mass is 10.1. The summed E-state index contributed by atoms with van der Waals surface area (Å²) in [4.78, 5) is 17.3. The molecule has 0 radical (unpaired) electrons. The monoisotopic (exact) mass is 427 g/mol. The van der Waals surface area contributed by atoms with Crippen molar-refractivity contribution in [2.45, 2.75) is 33.2 Å². The lowest BCUT2D eigenvalue weighted by Crippen LogP contribution is -2.28. The van der Waals surface area contributed by atoms with Crippen molar-refractivity contribution >= 4 is 16.9 Å². The highest BCUT2D eigenvalue weighted by Crippen LogP contribution is 2.20. The number of hydrogen-bond acceptors (Lipinski definition) is 3. The van der Waals surface area contributed by atoms with E-state index in [1.54, 1.807) is 7.11 Å². The van der Waals surface area contributed by atoms with Crippen molar-refractivity contribution in [3.05, 3.63) is 94.8 Å². The van der Waals surface area contributed by atoms with E-state index in [0.29, 0.717) is 19.4 Å². The van der Waals surface area contributed by atoms with Gasteiger partial charge in [-0.25, -0.2) is 4.98 Å². The van der Waals surface area contributed by atoms with E-state index in [-0.39, 0.29) is 5.91 Å². The van der Waals surface area contributed by atoms with Crippen LogP contribution in [0.25, 0.3) is 11.0 Å². The molecule has 164 valence electrons. The Bertz CT molecular complexity index is 1230. The van der Waals surface area contributed by atoms with Crippen molar-refractivity contribution in [1.29, 1.82) is 0 Å². The molecule has 1 aromatic heterocycles. The summed E-state index contributed by atoms with van der Waals surface area (Å²) in [6, 6.07) is 22.3. The number of amides is 1. The molecule has 3 aromatic carbocycles. The van der Waals surface area contributed by atoms with Gasteiger partial charge < -0.3 is 14.6 Å². The molecule has 1 heterocycles. The second-order valence-electron chi connectivity index (χ2n) is 8.16. The van der Waals surface area contributed by atoms with Crippen molar-refractivity contribution < 1.29 is 9.53 Å². The average Bonchev–Trinajstić information content (AvgIpc) is 3.14. The van der Waals surface area contributed by atoms with Crippen molar-refractivity contribution in [3.63, 3.8) is 0 Å². The Morgan fingerprint density at radius 2 is 1.81 bits per heavy atom. The van der Waals surface area contributed by atoms with Gasteiger partial charge in [0.05, 0.1) is 24.6 Å². The highest BCUT2D eigenvalue weighted by molar-refractivity contribution is 5.78. The van der Waals surface area contributed by atoms with Crippen molar-refractivity contribution in [2.75, 3.05) is 13.7 Å². The summed E-state index contributed by atoms with van der Waals surface area (Å²) in [5, 5.41) is 3.04. The van der Waals surface area contributed by atoms with Gasteiger partial charge in [0.25, 0.3) is 0 Å². The van der Waals surface area contributed by atoms with Crippen LogP contribution in [0.1, 0.15) is 28.1 Å². The summed E-state index contributed by atoms with van der Waals surface area (Å²) >= 11 is 0. The summed E-state index contributed by atoms with van der Waals surface area (Å²) in [5.74, 6) is 1.78. The summed E-state index contributed by atoms with van der Waals surface area (Å²) in [6.07, 6.45) is 1.02. The first-order valence-corrected chi connectivity index (χ1v) is 10.9. The first-order chi connectivity index (χ1) is 15.5. The molecule has 0 bridgehead atoms. The number of carbonyl (C=O) groups is 1. The zero-order valence-corrected chi connectivity index (χ0v) is 18.9. The van der Waals surface area contributed by atoms with Crippen LogP contribution in [-0.4, -0.2) is 29.1 Å². The van der Waals surface area contributed by atoms with E-state index in [1.165, 1.54) is 16.7 Å². The zero-order chi connectivity index (χ0) is 22.5. The molecule has 0 spiro atoms. The number of nitrogens with zero attached hydrogens (tertiary/aromatic N) is 2. The van der Waals surface area contributed by atoms with Gasteiger partial charge in [-0.15, -0.1) is 0 Å².